The Labute approximate surface area is 114 Å². The number of carbonyl (C=O) groups excluding carboxylic acids is 1. The molecule has 0 atom stereocenters. The largest absolute Gasteiger partial charge is 0.456 e. The summed E-state index contributed by atoms with van der Waals surface area (Å²) in [5.41, 5.74) is 6.73. The van der Waals surface area contributed by atoms with Crippen LogP contribution in [0.5, 0.6) is 11.5 Å². The zero-order chi connectivity index (χ0) is 13.1. The topological polar surface area (TPSA) is 52.3 Å². The molecular formula is C14H12BrNO2. The van der Waals surface area contributed by atoms with Crippen molar-refractivity contribution >= 4 is 27.4 Å². The van der Waals surface area contributed by atoms with Gasteiger partial charge in [0.05, 0.1) is 4.47 Å². The van der Waals surface area contributed by atoms with Gasteiger partial charge in [0.1, 0.15) is 11.5 Å². The second kappa shape index (κ2) is 5.23. The fourth-order valence-corrected chi connectivity index (χ4v) is 1.95. The molecule has 2 aromatic rings. The first-order valence-electron chi connectivity index (χ1n) is 5.41. The molecule has 0 saturated heterocycles. The Morgan fingerprint density at radius 2 is 1.94 bits per heavy atom. The van der Waals surface area contributed by atoms with Crippen LogP contribution in [0, 0.1) is 0 Å². The molecule has 4 heteroatoms. The number of para-hydroxylation sites is 1. The molecule has 0 spiro atoms. The third-order valence-corrected chi connectivity index (χ3v) is 3.12. The Balaban J connectivity index is 2.29. The number of nitrogens with two attached hydrogens (primary N) is 1. The van der Waals surface area contributed by atoms with Crippen molar-refractivity contribution in [2.24, 2.45) is 0 Å². The van der Waals surface area contributed by atoms with Crippen molar-refractivity contribution in [1.29, 1.82) is 0 Å². The van der Waals surface area contributed by atoms with Crippen molar-refractivity contribution in [1.82, 2.24) is 0 Å². The molecule has 0 aromatic heterocycles. The van der Waals surface area contributed by atoms with Gasteiger partial charge in [-0.2, -0.15) is 0 Å². The van der Waals surface area contributed by atoms with Crippen LogP contribution in [0.15, 0.2) is 46.9 Å². The van der Waals surface area contributed by atoms with Crippen LogP contribution in [-0.2, 0) is 0 Å². The smallest absolute Gasteiger partial charge is 0.161 e. The molecule has 0 fully saturated rings. The van der Waals surface area contributed by atoms with Gasteiger partial charge < -0.3 is 10.5 Å². The third-order valence-electron chi connectivity index (χ3n) is 2.47. The molecule has 0 aliphatic heterocycles. The highest BCUT2D eigenvalue weighted by atomic mass is 79.9. The van der Waals surface area contributed by atoms with Crippen molar-refractivity contribution in [2.75, 3.05) is 5.73 Å². The maximum Gasteiger partial charge on any atom is 0.161 e. The molecule has 18 heavy (non-hydrogen) atoms. The molecule has 0 radical (unpaired) electrons. The minimum absolute atomic E-state index is 0.0556. The Bertz CT molecular complexity index is 596. The van der Waals surface area contributed by atoms with Gasteiger partial charge in [0.25, 0.3) is 0 Å². The standard InChI is InChI=1S/C14H12BrNO2/c1-9(17)11-7-6-10(8-13(11)16)18-14-5-3-2-4-12(14)15/h2-8H,16H2,1H3. The van der Waals surface area contributed by atoms with Gasteiger partial charge in [-0.1, -0.05) is 12.1 Å². The molecule has 0 unspecified atom stereocenters. The highest BCUT2D eigenvalue weighted by Crippen LogP contribution is 2.30. The molecule has 0 aliphatic carbocycles. The number of ether oxygens (including phenoxy) is 1. The lowest BCUT2D eigenvalue weighted by Gasteiger charge is -2.09. The third kappa shape index (κ3) is 2.71. The molecule has 0 heterocycles. The summed E-state index contributed by atoms with van der Waals surface area (Å²) in [6, 6.07) is 12.6. The Morgan fingerprint density at radius 3 is 2.56 bits per heavy atom. The SMILES string of the molecule is CC(=O)c1ccc(Oc2ccccc2Br)cc1N. The van der Waals surface area contributed by atoms with E-state index in [9.17, 15) is 4.79 Å². The van der Waals surface area contributed by atoms with Crippen molar-refractivity contribution < 1.29 is 9.53 Å². The first-order valence-corrected chi connectivity index (χ1v) is 6.20. The molecule has 0 bridgehead atoms. The second-order valence-electron chi connectivity index (χ2n) is 3.84. The van der Waals surface area contributed by atoms with Crippen molar-refractivity contribution in [2.45, 2.75) is 6.92 Å². The van der Waals surface area contributed by atoms with Crippen molar-refractivity contribution in [3.8, 4) is 11.5 Å². The monoisotopic (exact) mass is 305 g/mol. The van der Waals surface area contributed by atoms with Crippen LogP contribution < -0.4 is 10.5 Å². The summed E-state index contributed by atoms with van der Waals surface area (Å²) in [7, 11) is 0. The predicted molar refractivity (Wildman–Crippen MR) is 75.1 cm³/mol. The lowest BCUT2D eigenvalue weighted by Crippen LogP contribution is -1.99. The molecule has 0 amide bonds. The van der Waals surface area contributed by atoms with Gasteiger partial charge in [-0.15, -0.1) is 0 Å². The molecule has 2 N–H and O–H groups in total. The van der Waals surface area contributed by atoms with Crippen LogP contribution in [0.25, 0.3) is 0 Å². The zero-order valence-corrected chi connectivity index (χ0v) is 11.4. The highest BCUT2D eigenvalue weighted by Gasteiger charge is 2.07. The lowest BCUT2D eigenvalue weighted by molar-refractivity contribution is 0.101. The van der Waals surface area contributed by atoms with E-state index >= 15 is 0 Å². The number of Topliss-reactive ketones (excluding diaryl/α,β-unsaturated/α-hetero) is 1. The van der Waals surface area contributed by atoms with E-state index in [4.69, 9.17) is 10.5 Å². The summed E-state index contributed by atoms with van der Waals surface area (Å²) in [4.78, 5) is 11.3. The van der Waals surface area contributed by atoms with Gasteiger partial charge in [-0.05, 0) is 47.1 Å². The van der Waals surface area contributed by atoms with E-state index in [1.807, 2.05) is 24.3 Å². The molecule has 92 valence electrons. The first kappa shape index (κ1) is 12.6. The summed E-state index contributed by atoms with van der Waals surface area (Å²) in [5.74, 6) is 1.25. The van der Waals surface area contributed by atoms with E-state index < -0.39 is 0 Å². The van der Waals surface area contributed by atoms with Crippen LogP contribution in [0.4, 0.5) is 5.69 Å². The summed E-state index contributed by atoms with van der Waals surface area (Å²) < 4.78 is 6.55. The van der Waals surface area contributed by atoms with Crippen LogP contribution in [-0.4, -0.2) is 5.78 Å². The number of anilines is 1. The van der Waals surface area contributed by atoms with Crippen LogP contribution in [0.3, 0.4) is 0 Å². The van der Waals surface area contributed by atoms with Gasteiger partial charge in [0.15, 0.2) is 5.78 Å². The first-order chi connectivity index (χ1) is 8.58. The summed E-state index contributed by atoms with van der Waals surface area (Å²) in [6.07, 6.45) is 0. The fraction of sp³-hybridized carbons (Fsp3) is 0.0714. The summed E-state index contributed by atoms with van der Waals surface area (Å²) in [5, 5.41) is 0. The van der Waals surface area contributed by atoms with E-state index in [2.05, 4.69) is 15.9 Å². The Kier molecular flexibility index (Phi) is 3.67. The molecule has 2 aromatic carbocycles. The van der Waals surface area contributed by atoms with Gasteiger partial charge >= 0.3 is 0 Å². The maximum absolute atomic E-state index is 11.3. The average molecular weight is 306 g/mol. The average Bonchev–Trinajstić information content (AvgIpc) is 2.32. The minimum atomic E-state index is -0.0556. The number of hydrogen-bond donors (Lipinski definition) is 1. The molecule has 2 rings (SSSR count). The number of benzene rings is 2. The van der Waals surface area contributed by atoms with Crippen molar-refractivity contribution in [3.05, 3.63) is 52.5 Å². The molecule has 3 nitrogen and oxygen atoms in total. The number of nitrogen functional groups attached to an aromatic ring is 1. The zero-order valence-electron chi connectivity index (χ0n) is 9.81. The van der Waals surface area contributed by atoms with E-state index in [0.717, 1.165) is 4.47 Å². The molecular weight excluding hydrogens is 294 g/mol. The van der Waals surface area contributed by atoms with E-state index in [-0.39, 0.29) is 5.78 Å². The Morgan fingerprint density at radius 1 is 1.22 bits per heavy atom. The van der Waals surface area contributed by atoms with Crippen molar-refractivity contribution in [3.63, 3.8) is 0 Å². The lowest BCUT2D eigenvalue weighted by atomic mass is 10.1. The van der Waals surface area contributed by atoms with E-state index in [1.54, 1.807) is 18.2 Å². The van der Waals surface area contributed by atoms with Crippen LogP contribution >= 0.6 is 15.9 Å². The van der Waals surface area contributed by atoms with Gasteiger partial charge in [-0.3, -0.25) is 4.79 Å². The highest BCUT2D eigenvalue weighted by molar-refractivity contribution is 9.10. The maximum atomic E-state index is 11.3. The molecule has 0 aliphatic rings. The fourth-order valence-electron chi connectivity index (χ4n) is 1.58. The number of rotatable bonds is 3. The number of carbonyl (C=O) groups is 1. The number of hydrogen-bond acceptors (Lipinski definition) is 3. The van der Waals surface area contributed by atoms with Gasteiger partial charge in [0.2, 0.25) is 0 Å². The quantitative estimate of drug-likeness (QED) is 0.688. The summed E-state index contributed by atoms with van der Waals surface area (Å²) in [6.45, 7) is 1.49. The number of halogens is 1. The Hall–Kier alpha value is -1.81. The van der Waals surface area contributed by atoms with Gasteiger partial charge in [-0.25, -0.2) is 0 Å². The minimum Gasteiger partial charge on any atom is -0.456 e. The van der Waals surface area contributed by atoms with E-state index in [1.165, 1.54) is 6.92 Å². The van der Waals surface area contributed by atoms with Crippen LogP contribution in [0.1, 0.15) is 17.3 Å². The normalized spacial score (nSPS) is 10.1. The number of ketones is 1. The predicted octanol–water partition coefficient (Wildman–Crippen LogP) is 4.03. The summed E-state index contributed by atoms with van der Waals surface area (Å²) >= 11 is 3.40. The van der Waals surface area contributed by atoms with Crippen LogP contribution in [0.2, 0.25) is 0 Å². The second-order valence-corrected chi connectivity index (χ2v) is 4.69. The van der Waals surface area contributed by atoms with E-state index in [0.29, 0.717) is 22.7 Å². The van der Waals surface area contributed by atoms with Gasteiger partial charge in [0, 0.05) is 17.3 Å². The molecule has 0 saturated carbocycles.